The maximum atomic E-state index is 13.7. The number of benzene rings is 1. The Morgan fingerprint density at radius 3 is 2.81 bits per heavy atom. The maximum Gasteiger partial charge on any atom is 0.222 e. The number of thiophene rings is 1. The van der Waals surface area contributed by atoms with Crippen LogP contribution in [0, 0.1) is 12.7 Å². The first kappa shape index (κ1) is 18.6. The molecule has 1 amide bonds. The Kier molecular flexibility index (Phi) is 5.60. The van der Waals surface area contributed by atoms with E-state index in [4.69, 9.17) is 0 Å². The van der Waals surface area contributed by atoms with Crippen LogP contribution in [0.4, 0.5) is 4.39 Å². The molecule has 0 aliphatic carbocycles. The molecule has 3 heterocycles. The molecule has 144 valence electrons. The van der Waals surface area contributed by atoms with Gasteiger partial charge >= 0.3 is 0 Å². The van der Waals surface area contributed by atoms with E-state index in [0.717, 1.165) is 44.6 Å². The fourth-order valence-corrected chi connectivity index (χ4v) is 5.15. The highest BCUT2D eigenvalue weighted by Gasteiger charge is 2.29. The number of carbonyl (C=O) groups is 1. The number of hydrogen-bond donors (Lipinski definition) is 0. The van der Waals surface area contributed by atoms with E-state index in [1.807, 2.05) is 22.3 Å². The molecule has 0 bridgehead atoms. The van der Waals surface area contributed by atoms with Crippen LogP contribution in [0.3, 0.4) is 0 Å². The summed E-state index contributed by atoms with van der Waals surface area (Å²) < 4.78 is 13.7. The summed E-state index contributed by atoms with van der Waals surface area (Å²) in [5, 5.41) is 2.20. The van der Waals surface area contributed by atoms with E-state index < -0.39 is 0 Å². The van der Waals surface area contributed by atoms with Crippen molar-refractivity contribution in [2.75, 3.05) is 19.6 Å². The molecule has 5 heteroatoms. The summed E-state index contributed by atoms with van der Waals surface area (Å²) in [5.74, 6) is 0.0178. The summed E-state index contributed by atoms with van der Waals surface area (Å²) in [6.07, 6.45) is 4.37. The van der Waals surface area contributed by atoms with E-state index in [-0.39, 0.29) is 11.7 Å². The second kappa shape index (κ2) is 8.11. The number of halogens is 1. The van der Waals surface area contributed by atoms with Crippen molar-refractivity contribution in [2.45, 2.75) is 51.6 Å². The third-order valence-electron chi connectivity index (χ3n) is 6.03. The number of aryl methyl sites for hydroxylation is 2. The molecule has 0 atom stereocenters. The van der Waals surface area contributed by atoms with Crippen molar-refractivity contribution >= 4 is 17.2 Å². The fraction of sp³-hybridized carbons (Fsp3) is 0.500. The highest BCUT2D eigenvalue weighted by Crippen LogP contribution is 2.28. The molecule has 0 N–H and O–H groups in total. The summed E-state index contributed by atoms with van der Waals surface area (Å²) in [7, 11) is 0. The molecule has 2 aromatic rings. The van der Waals surface area contributed by atoms with Crippen molar-refractivity contribution in [1.29, 1.82) is 0 Å². The number of hydrogen-bond acceptors (Lipinski definition) is 3. The van der Waals surface area contributed by atoms with Crippen LogP contribution in [0.2, 0.25) is 0 Å². The fourth-order valence-electron chi connectivity index (χ4n) is 4.26. The van der Waals surface area contributed by atoms with Gasteiger partial charge in [0.1, 0.15) is 5.82 Å². The van der Waals surface area contributed by atoms with Gasteiger partial charge in [0.15, 0.2) is 0 Å². The molecule has 1 aromatic carbocycles. The molecule has 0 spiro atoms. The molecule has 1 fully saturated rings. The molecule has 0 saturated carbocycles. The van der Waals surface area contributed by atoms with Crippen LogP contribution in [-0.2, 0) is 24.2 Å². The maximum absolute atomic E-state index is 13.7. The standard InChI is InChI=1S/C22H27FN2OS/c1-16-2-3-17(14-20(16)23)4-5-22(26)24-10-6-19(7-11-24)25-12-8-21-18(15-25)9-13-27-21/h2-3,9,13-14,19H,4-8,10-12,15H2,1H3. The zero-order chi connectivity index (χ0) is 18.8. The first-order valence-corrected chi connectivity index (χ1v) is 10.8. The lowest BCUT2D eigenvalue weighted by molar-refractivity contribution is -0.132. The topological polar surface area (TPSA) is 23.6 Å². The van der Waals surface area contributed by atoms with Gasteiger partial charge in [-0.2, -0.15) is 0 Å². The molecule has 1 aromatic heterocycles. The lowest BCUT2D eigenvalue weighted by Gasteiger charge is -2.40. The van der Waals surface area contributed by atoms with Gasteiger partial charge in [-0.1, -0.05) is 12.1 Å². The lowest BCUT2D eigenvalue weighted by atomic mass is 9.99. The summed E-state index contributed by atoms with van der Waals surface area (Å²) in [6.45, 7) is 5.66. The first-order chi connectivity index (χ1) is 13.1. The minimum atomic E-state index is -0.184. The smallest absolute Gasteiger partial charge is 0.222 e. The number of amides is 1. The van der Waals surface area contributed by atoms with Crippen LogP contribution in [0.1, 0.15) is 40.8 Å². The third-order valence-corrected chi connectivity index (χ3v) is 7.06. The molecule has 3 nitrogen and oxygen atoms in total. The number of carbonyl (C=O) groups excluding carboxylic acids is 1. The average Bonchev–Trinajstić information content (AvgIpc) is 3.16. The normalized spacial score (nSPS) is 18.5. The number of nitrogens with zero attached hydrogens (tertiary/aromatic N) is 2. The van der Waals surface area contributed by atoms with Gasteiger partial charge in [-0.05, 0) is 66.8 Å². The monoisotopic (exact) mass is 386 g/mol. The molecule has 0 unspecified atom stereocenters. The Hall–Kier alpha value is -1.72. The Bertz CT molecular complexity index is 810. The Morgan fingerprint density at radius 2 is 2.04 bits per heavy atom. The largest absolute Gasteiger partial charge is 0.343 e. The van der Waals surface area contributed by atoms with Gasteiger partial charge in [0.2, 0.25) is 5.91 Å². The van der Waals surface area contributed by atoms with E-state index in [0.29, 0.717) is 24.4 Å². The molecular weight excluding hydrogens is 359 g/mol. The van der Waals surface area contributed by atoms with E-state index in [9.17, 15) is 9.18 Å². The van der Waals surface area contributed by atoms with Gasteiger partial charge in [0.05, 0.1) is 0 Å². The van der Waals surface area contributed by atoms with Crippen LogP contribution >= 0.6 is 11.3 Å². The van der Waals surface area contributed by atoms with Crippen molar-refractivity contribution < 1.29 is 9.18 Å². The van der Waals surface area contributed by atoms with Gasteiger partial charge < -0.3 is 4.90 Å². The van der Waals surface area contributed by atoms with Crippen LogP contribution < -0.4 is 0 Å². The summed E-state index contributed by atoms with van der Waals surface area (Å²) in [6, 6.07) is 8.13. The lowest BCUT2D eigenvalue weighted by Crippen LogP contribution is -2.47. The minimum absolute atomic E-state index is 0.184. The molecular formula is C22H27FN2OS. The van der Waals surface area contributed by atoms with Gasteiger partial charge in [0, 0.05) is 43.5 Å². The van der Waals surface area contributed by atoms with Crippen molar-refractivity contribution in [2.24, 2.45) is 0 Å². The van der Waals surface area contributed by atoms with Crippen LogP contribution in [0.5, 0.6) is 0 Å². The van der Waals surface area contributed by atoms with Crippen LogP contribution in [-0.4, -0.2) is 41.4 Å². The molecule has 2 aliphatic heterocycles. The second-order valence-electron chi connectivity index (χ2n) is 7.78. The van der Waals surface area contributed by atoms with Crippen molar-refractivity contribution in [3.63, 3.8) is 0 Å². The third kappa shape index (κ3) is 4.25. The highest BCUT2D eigenvalue weighted by molar-refractivity contribution is 7.10. The minimum Gasteiger partial charge on any atom is -0.343 e. The number of likely N-dealkylation sites (tertiary alicyclic amines) is 1. The summed E-state index contributed by atoms with van der Waals surface area (Å²) in [5.41, 5.74) is 3.05. The van der Waals surface area contributed by atoms with Crippen LogP contribution in [0.15, 0.2) is 29.6 Å². The number of fused-ring (bicyclic) bond motifs is 1. The predicted molar refractivity (Wildman–Crippen MR) is 107 cm³/mol. The van der Waals surface area contributed by atoms with Crippen molar-refractivity contribution in [3.8, 4) is 0 Å². The number of piperidine rings is 1. The SMILES string of the molecule is Cc1ccc(CCC(=O)N2CCC(N3CCc4sccc4C3)CC2)cc1F. The van der Waals surface area contributed by atoms with Crippen molar-refractivity contribution in [3.05, 3.63) is 57.0 Å². The van der Waals surface area contributed by atoms with E-state index in [1.165, 1.54) is 12.0 Å². The first-order valence-electron chi connectivity index (χ1n) is 9.92. The second-order valence-corrected chi connectivity index (χ2v) is 8.79. The zero-order valence-corrected chi connectivity index (χ0v) is 16.7. The predicted octanol–water partition coefficient (Wildman–Crippen LogP) is 4.18. The molecule has 27 heavy (non-hydrogen) atoms. The zero-order valence-electron chi connectivity index (χ0n) is 15.9. The highest BCUT2D eigenvalue weighted by atomic mass is 32.1. The van der Waals surface area contributed by atoms with Gasteiger partial charge in [-0.15, -0.1) is 11.3 Å². The Morgan fingerprint density at radius 1 is 1.22 bits per heavy atom. The molecule has 2 aliphatic rings. The van der Waals surface area contributed by atoms with Crippen LogP contribution in [0.25, 0.3) is 0 Å². The summed E-state index contributed by atoms with van der Waals surface area (Å²) >= 11 is 1.88. The quantitative estimate of drug-likeness (QED) is 0.787. The van der Waals surface area contributed by atoms with E-state index in [2.05, 4.69) is 16.3 Å². The average molecular weight is 387 g/mol. The van der Waals surface area contributed by atoms with E-state index in [1.54, 1.807) is 23.9 Å². The van der Waals surface area contributed by atoms with Gasteiger partial charge in [0.25, 0.3) is 0 Å². The molecule has 4 rings (SSSR count). The van der Waals surface area contributed by atoms with Gasteiger partial charge in [-0.25, -0.2) is 4.39 Å². The van der Waals surface area contributed by atoms with E-state index >= 15 is 0 Å². The van der Waals surface area contributed by atoms with Gasteiger partial charge in [-0.3, -0.25) is 9.69 Å². The Balaban J connectivity index is 1.25. The molecule has 0 radical (unpaired) electrons. The molecule has 1 saturated heterocycles. The number of rotatable bonds is 4. The van der Waals surface area contributed by atoms with Crippen molar-refractivity contribution in [1.82, 2.24) is 9.80 Å². The Labute approximate surface area is 164 Å². The summed E-state index contributed by atoms with van der Waals surface area (Å²) in [4.78, 5) is 18.7.